The maximum Gasteiger partial charge on any atom is 0.261 e. The Bertz CT molecular complexity index is 981. The van der Waals surface area contributed by atoms with Gasteiger partial charge in [-0.2, -0.15) is 4.91 Å². The van der Waals surface area contributed by atoms with Crippen LogP contribution in [0.25, 0.3) is 11.1 Å². The van der Waals surface area contributed by atoms with Gasteiger partial charge >= 0.3 is 0 Å². The van der Waals surface area contributed by atoms with Crippen LogP contribution in [0.2, 0.25) is 0 Å². The fraction of sp³-hybridized carbons (Fsp3) is 0.0952. The smallest absolute Gasteiger partial charge is 0.261 e. The summed E-state index contributed by atoms with van der Waals surface area (Å²) in [5.74, 6) is -2.69. The van der Waals surface area contributed by atoms with Crippen LogP contribution < -0.4 is 5.32 Å². The molecule has 3 rings (SSSR count). The number of carbonyl (C=O) groups is 1. The summed E-state index contributed by atoms with van der Waals surface area (Å²) >= 11 is 0. The SMILES string of the molecule is Cc1ccc(CN=O)cc1-c1ccc(NC(=O)c2c(F)cccc2F)cc1. The largest absolute Gasteiger partial charge is 0.322 e. The molecule has 1 amide bonds. The highest BCUT2D eigenvalue weighted by molar-refractivity contribution is 6.04. The molecule has 0 fully saturated rings. The molecule has 0 aromatic heterocycles. The van der Waals surface area contributed by atoms with Crippen LogP contribution in [-0.4, -0.2) is 5.91 Å². The van der Waals surface area contributed by atoms with Crippen molar-refractivity contribution in [2.24, 2.45) is 5.18 Å². The fourth-order valence-electron chi connectivity index (χ4n) is 2.79. The third kappa shape index (κ3) is 4.06. The Labute approximate surface area is 154 Å². The van der Waals surface area contributed by atoms with Gasteiger partial charge in [-0.05, 0) is 59.5 Å². The molecule has 1 N–H and O–H groups in total. The highest BCUT2D eigenvalue weighted by Crippen LogP contribution is 2.26. The third-order valence-corrected chi connectivity index (χ3v) is 4.19. The van der Waals surface area contributed by atoms with Gasteiger partial charge in [0.2, 0.25) is 0 Å². The van der Waals surface area contributed by atoms with E-state index in [0.717, 1.165) is 34.4 Å². The van der Waals surface area contributed by atoms with Crippen molar-refractivity contribution in [3.05, 3.63) is 93.9 Å². The minimum atomic E-state index is -0.916. The third-order valence-electron chi connectivity index (χ3n) is 4.19. The molecule has 0 aliphatic rings. The van der Waals surface area contributed by atoms with Crippen LogP contribution in [0.1, 0.15) is 21.5 Å². The number of hydrogen-bond donors (Lipinski definition) is 1. The number of nitroso groups, excluding NO2 is 1. The summed E-state index contributed by atoms with van der Waals surface area (Å²) < 4.78 is 27.4. The van der Waals surface area contributed by atoms with Crippen LogP contribution in [0.4, 0.5) is 14.5 Å². The first-order valence-electron chi connectivity index (χ1n) is 8.24. The van der Waals surface area contributed by atoms with Gasteiger partial charge in [0.15, 0.2) is 0 Å². The van der Waals surface area contributed by atoms with Crippen molar-refractivity contribution in [2.75, 3.05) is 5.32 Å². The molecule has 0 radical (unpaired) electrons. The van der Waals surface area contributed by atoms with Crippen molar-refractivity contribution in [3.63, 3.8) is 0 Å². The summed E-state index contributed by atoms with van der Waals surface area (Å²) in [6, 6.07) is 15.8. The Kier molecular flexibility index (Phi) is 5.35. The maximum atomic E-state index is 13.7. The zero-order valence-corrected chi connectivity index (χ0v) is 14.5. The molecule has 6 heteroatoms. The quantitative estimate of drug-likeness (QED) is 0.610. The minimum absolute atomic E-state index is 0.0929. The molecule has 0 spiro atoms. The van der Waals surface area contributed by atoms with Crippen molar-refractivity contribution in [3.8, 4) is 11.1 Å². The molecule has 0 aliphatic carbocycles. The van der Waals surface area contributed by atoms with Gasteiger partial charge in [0, 0.05) is 5.69 Å². The Balaban J connectivity index is 1.83. The predicted octanol–water partition coefficient (Wildman–Crippen LogP) is 5.46. The van der Waals surface area contributed by atoms with E-state index in [-0.39, 0.29) is 6.54 Å². The van der Waals surface area contributed by atoms with Gasteiger partial charge in [0.1, 0.15) is 23.7 Å². The second-order valence-corrected chi connectivity index (χ2v) is 6.06. The highest BCUT2D eigenvalue weighted by atomic mass is 19.1. The minimum Gasteiger partial charge on any atom is -0.322 e. The summed E-state index contributed by atoms with van der Waals surface area (Å²) in [4.78, 5) is 22.6. The van der Waals surface area contributed by atoms with E-state index in [1.807, 2.05) is 25.1 Å². The summed E-state index contributed by atoms with van der Waals surface area (Å²) in [5, 5.41) is 5.39. The molecular weight excluding hydrogens is 350 g/mol. The van der Waals surface area contributed by atoms with Crippen LogP contribution >= 0.6 is 0 Å². The average molecular weight is 366 g/mol. The number of amides is 1. The predicted molar refractivity (Wildman–Crippen MR) is 100 cm³/mol. The van der Waals surface area contributed by atoms with E-state index < -0.39 is 23.1 Å². The number of anilines is 1. The van der Waals surface area contributed by atoms with Crippen molar-refractivity contribution in [1.82, 2.24) is 0 Å². The molecule has 0 saturated heterocycles. The maximum absolute atomic E-state index is 13.7. The van der Waals surface area contributed by atoms with E-state index in [0.29, 0.717) is 5.69 Å². The van der Waals surface area contributed by atoms with E-state index in [4.69, 9.17) is 0 Å². The van der Waals surface area contributed by atoms with Crippen molar-refractivity contribution in [1.29, 1.82) is 0 Å². The Hall–Kier alpha value is -3.41. The first-order chi connectivity index (χ1) is 13.0. The van der Waals surface area contributed by atoms with Gasteiger partial charge in [-0.1, -0.05) is 35.5 Å². The molecule has 0 bridgehead atoms. The number of halogens is 2. The van der Waals surface area contributed by atoms with Gasteiger partial charge in [0.05, 0.1) is 0 Å². The standard InChI is InChI=1S/C21H16F2N2O2/c1-13-5-6-14(12-24-27)11-17(13)15-7-9-16(10-8-15)25-21(26)20-18(22)3-2-4-19(20)23/h2-11H,12H2,1H3,(H,25,26). The second kappa shape index (κ2) is 7.86. The molecular formula is C21H16F2N2O2. The fourth-order valence-corrected chi connectivity index (χ4v) is 2.79. The lowest BCUT2D eigenvalue weighted by atomic mass is 9.98. The summed E-state index contributed by atoms with van der Waals surface area (Å²) in [5.41, 5.74) is 3.44. The number of nitrogens with zero attached hydrogens (tertiary/aromatic N) is 1. The van der Waals surface area contributed by atoms with E-state index in [9.17, 15) is 18.5 Å². The van der Waals surface area contributed by atoms with Crippen LogP contribution in [0.5, 0.6) is 0 Å². The van der Waals surface area contributed by atoms with Crippen molar-refractivity contribution in [2.45, 2.75) is 13.5 Å². The van der Waals surface area contributed by atoms with Gasteiger partial charge in [0.25, 0.3) is 5.91 Å². The molecule has 3 aromatic rings. The van der Waals surface area contributed by atoms with Crippen LogP contribution in [0.3, 0.4) is 0 Å². The lowest BCUT2D eigenvalue weighted by Crippen LogP contribution is -2.15. The Morgan fingerprint density at radius 3 is 2.30 bits per heavy atom. The first kappa shape index (κ1) is 18.4. The number of hydrogen-bond acceptors (Lipinski definition) is 3. The number of aryl methyl sites for hydroxylation is 1. The summed E-state index contributed by atoms with van der Waals surface area (Å²) in [7, 11) is 0. The molecule has 3 aromatic carbocycles. The van der Waals surface area contributed by atoms with Crippen molar-refractivity contribution >= 4 is 11.6 Å². The zero-order chi connectivity index (χ0) is 19.4. The molecule has 136 valence electrons. The number of nitrogens with one attached hydrogen (secondary N) is 1. The molecule has 0 atom stereocenters. The molecule has 0 saturated carbocycles. The molecule has 0 unspecified atom stereocenters. The summed E-state index contributed by atoms with van der Waals surface area (Å²) in [6.45, 7) is 2.04. The van der Waals surface area contributed by atoms with E-state index in [2.05, 4.69) is 10.5 Å². The van der Waals surface area contributed by atoms with Crippen LogP contribution in [0.15, 0.2) is 65.8 Å². The lowest BCUT2D eigenvalue weighted by Gasteiger charge is -2.10. The normalized spacial score (nSPS) is 10.5. The second-order valence-electron chi connectivity index (χ2n) is 6.06. The average Bonchev–Trinajstić information content (AvgIpc) is 2.64. The number of benzene rings is 3. The van der Waals surface area contributed by atoms with Crippen LogP contribution in [0, 0.1) is 23.5 Å². The Morgan fingerprint density at radius 2 is 1.67 bits per heavy atom. The Morgan fingerprint density at radius 1 is 1.00 bits per heavy atom. The summed E-state index contributed by atoms with van der Waals surface area (Å²) in [6.07, 6.45) is 0. The molecule has 4 nitrogen and oxygen atoms in total. The van der Waals surface area contributed by atoms with Crippen molar-refractivity contribution < 1.29 is 13.6 Å². The van der Waals surface area contributed by atoms with E-state index >= 15 is 0 Å². The lowest BCUT2D eigenvalue weighted by molar-refractivity contribution is 0.101. The molecule has 0 heterocycles. The van der Waals surface area contributed by atoms with Crippen LogP contribution in [-0.2, 0) is 6.54 Å². The van der Waals surface area contributed by atoms with Gasteiger partial charge in [-0.3, -0.25) is 4.79 Å². The zero-order valence-electron chi connectivity index (χ0n) is 14.5. The topological polar surface area (TPSA) is 58.5 Å². The van der Waals surface area contributed by atoms with Gasteiger partial charge in [-0.15, -0.1) is 0 Å². The number of carbonyl (C=O) groups excluding carboxylic acids is 1. The molecule has 27 heavy (non-hydrogen) atoms. The first-order valence-corrected chi connectivity index (χ1v) is 8.24. The van der Waals surface area contributed by atoms with Gasteiger partial charge < -0.3 is 5.32 Å². The number of rotatable bonds is 5. The van der Waals surface area contributed by atoms with E-state index in [1.165, 1.54) is 6.07 Å². The van der Waals surface area contributed by atoms with Gasteiger partial charge in [-0.25, -0.2) is 8.78 Å². The van der Waals surface area contributed by atoms with E-state index in [1.54, 1.807) is 24.3 Å². The highest BCUT2D eigenvalue weighted by Gasteiger charge is 2.17. The molecule has 0 aliphatic heterocycles. The monoisotopic (exact) mass is 366 g/mol.